The number of aromatic nitrogens is 1. The number of rotatable bonds is 6. The van der Waals surface area contributed by atoms with Gasteiger partial charge in [-0.05, 0) is 25.0 Å². The molecule has 0 radical (unpaired) electrons. The van der Waals surface area contributed by atoms with E-state index >= 15 is 0 Å². The SMILES string of the molecule is CCC(C)N1CCN(c2ccc(CNC(C)C)cn2)CC1. The molecule has 1 aromatic heterocycles. The lowest BCUT2D eigenvalue weighted by Crippen LogP contribution is -2.49. The molecule has 0 amide bonds. The second-order valence-electron chi connectivity index (χ2n) is 6.34. The number of anilines is 1. The number of nitrogens with one attached hydrogen (secondary N) is 1. The summed E-state index contributed by atoms with van der Waals surface area (Å²) in [4.78, 5) is 9.62. The van der Waals surface area contributed by atoms with Gasteiger partial charge in [0.25, 0.3) is 0 Å². The molecular weight excluding hydrogens is 260 g/mol. The predicted octanol–water partition coefficient (Wildman–Crippen LogP) is 2.50. The summed E-state index contributed by atoms with van der Waals surface area (Å²) in [5.41, 5.74) is 1.26. The highest BCUT2D eigenvalue weighted by Crippen LogP contribution is 2.16. The molecule has 118 valence electrons. The lowest BCUT2D eigenvalue weighted by atomic mass is 10.2. The number of nitrogens with zero attached hydrogens (tertiary/aromatic N) is 3. The van der Waals surface area contributed by atoms with Gasteiger partial charge in [-0.25, -0.2) is 4.98 Å². The molecule has 1 fully saturated rings. The second-order valence-corrected chi connectivity index (χ2v) is 6.34. The lowest BCUT2D eigenvalue weighted by molar-refractivity contribution is 0.192. The highest BCUT2D eigenvalue weighted by Gasteiger charge is 2.20. The van der Waals surface area contributed by atoms with E-state index in [9.17, 15) is 0 Å². The molecule has 4 heteroatoms. The van der Waals surface area contributed by atoms with Gasteiger partial charge in [-0.15, -0.1) is 0 Å². The normalized spacial score (nSPS) is 18.2. The maximum atomic E-state index is 4.64. The number of hydrogen-bond donors (Lipinski definition) is 1. The summed E-state index contributed by atoms with van der Waals surface area (Å²) >= 11 is 0. The van der Waals surface area contributed by atoms with Crippen LogP contribution in [0.3, 0.4) is 0 Å². The van der Waals surface area contributed by atoms with Crippen molar-refractivity contribution in [2.45, 2.75) is 52.7 Å². The Labute approximate surface area is 129 Å². The van der Waals surface area contributed by atoms with Crippen molar-refractivity contribution in [3.8, 4) is 0 Å². The van der Waals surface area contributed by atoms with Crippen molar-refractivity contribution in [2.75, 3.05) is 31.1 Å². The average Bonchev–Trinajstić information content (AvgIpc) is 2.53. The zero-order valence-corrected chi connectivity index (χ0v) is 14.0. The van der Waals surface area contributed by atoms with Crippen LogP contribution in [0.4, 0.5) is 5.82 Å². The molecule has 1 N–H and O–H groups in total. The molecule has 2 rings (SSSR count). The number of piperazine rings is 1. The Morgan fingerprint density at radius 2 is 1.86 bits per heavy atom. The van der Waals surface area contributed by atoms with Gasteiger partial charge in [-0.3, -0.25) is 4.90 Å². The van der Waals surface area contributed by atoms with E-state index in [1.807, 2.05) is 6.20 Å². The summed E-state index contributed by atoms with van der Waals surface area (Å²) in [5, 5.41) is 3.43. The Kier molecular flexibility index (Phi) is 6.00. The zero-order valence-electron chi connectivity index (χ0n) is 14.0. The van der Waals surface area contributed by atoms with Crippen LogP contribution in [0.25, 0.3) is 0 Å². The molecule has 0 spiro atoms. The first-order chi connectivity index (χ1) is 10.1. The molecule has 0 bridgehead atoms. The average molecular weight is 290 g/mol. The maximum Gasteiger partial charge on any atom is 0.128 e. The van der Waals surface area contributed by atoms with Crippen molar-refractivity contribution in [1.82, 2.24) is 15.2 Å². The molecule has 1 aliphatic heterocycles. The summed E-state index contributed by atoms with van der Waals surface area (Å²) < 4.78 is 0. The first-order valence-electron chi connectivity index (χ1n) is 8.27. The minimum atomic E-state index is 0.512. The van der Waals surface area contributed by atoms with Crippen molar-refractivity contribution >= 4 is 5.82 Å². The van der Waals surface area contributed by atoms with Crippen LogP contribution in [0.15, 0.2) is 18.3 Å². The van der Waals surface area contributed by atoms with E-state index in [0.717, 1.165) is 38.5 Å². The Morgan fingerprint density at radius 3 is 2.38 bits per heavy atom. The van der Waals surface area contributed by atoms with E-state index in [0.29, 0.717) is 12.1 Å². The fourth-order valence-electron chi connectivity index (χ4n) is 2.68. The van der Waals surface area contributed by atoms with E-state index < -0.39 is 0 Å². The van der Waals surface area contributed by atoms with E-state index in [4.69, 9.17) is 0 Å². The van der Waals surface area contributed by atoms with Crippen molar-refractivity contribution in [3.63, 3.8) is 0 Å². The Balaban J connectivity index is 1.86. The molecule has 0 aliphatic carbocycles. The summed E-state index contributed by atoms with van der Waals surface area (Å²) in [6.07, 6.45) is 3.24. The third-order valence-electron chi connectivity index (χ3n) is 4.38. The molecule has 1 atom stereocenters. The highest BCUT2D eigenvalue weighted by molar-refractivity contribution is 5.39. The van der Waals surface area contributed by atoms with Crippen LogP contribution in [-0.2, 0) is 6.54 Å². The molecule has 1 unspecified atom stereocenters. The van der Waals surface area contributed by atoms with Crippen molar-refractivity contribution in [3.05, 3.63) is 23.9 Å². The molecule has 1 saturated heterocycles. The standard InChI is InChI=1S/C17H30N4/c1-5-15(4)20-8-10-21(11-9-20)17-7-6-16(13-19-17)12-18-14(2)3/h6-7,13-15,18H,5,8-12H2,1-4H3. The fraction of sp³-hybridized carbons (Fsp3) is 0.706. The van der Waals surface area contributed by atoms with Gasteiger partial charge >= 0.3 is 0 Å². The van der Waals surface area contributed by atoms with Gasteiger partial charge in [0.1, 0.15) is 5.82 Å². The summed E-state index contributed by atoms with van der Waals surface area (Å²) in [7, 11) is 0. The van der Waals surface area contributed by atoms with Gasteiger partial charge in [0.15, 0.2) is 0 Å². The van der Waals surface area contributed by atoms with E-state index in [1.165, 1.54) is 12.0 Å². The van der Waals surface area contributed by atoms with Crippen LogP contribution >= 0.6 is 0 Å². The molecule has 4 nitrogen and oxygen atoms in total. The Hall–Kier alpha value is -1.13. The number of pyridine rings is 1. The van der Waals surface area contributed by atoms with Crippen molar-refractivity contribution in [1.29, 1.82) is 0 Å². The monoisotopic (exact) mass is 290 g/mol. The van der Waals surface area contributed by atoms with Crippen molar-refractivity contribution < 1.29 is 0 Å². The van der Waals surface area contributed by atoms with Crippen LogP contribution in [0.5, 0.6) is 0 Å². The molecule has 0 aromatic carbocycles. The van der Waals surface area contributed by atoms with E-state index in [-0.39, 0.29) is 0 Å². The van der Waals surface area contributed by atoms with Gasteiger partial charge in [0.05, 0.1) is 0 Å². The lowest BCUT2D eigenvalue weighted by Gasteiger charge is -2.38. The minimum Gasteiger partial charge on any atom is -0.354 e. The molecule has 21 heavy (non-hydrogen) atoms. The molecular formula is C17H30N4. The summed E-state index contributed by atoms with van der Waals surface area (Å²) in [6, 6.07) is 5.57. The summed E-state index contributed by atoms with van der Waals surface area (Å²) in [5.74, 6) is 1.12. The maximum absolute atomic E-state index is 4.64. The highest BCUT2D eigenvalue weighted by atomic mass is 15.3. The Bertz CT molecular complexity index is 407. The largest absolute Gasteiger partial charge is 0.354 e. The predicted molar refractivity (Wildman–Crippen MR) is 89.8 cm³/mol. The van der Waals surface area contributed by atoms with Gasteiger partial charge in [-0.1, -0.05) is 26.8 Å². The van der Waals surface area contributed by atoms with E-state index in [2.05, 4.69) is 59.9 Å². The third-order valence-corrected chi connectivity index (χ3v) is 4.38. The molecule has 0 saturated carbocycles. The van der Waals surface area contributed by atoms with Crippen LogP contribution < -0.4 is 10.2 Å². The molecule has 1 aliphatic rings. The summed E-state index contributed by atoms with van der Waals surface area (Å²) in [6.45, 7) is 14.3. The van der Waals surface area contributed by atoms with Gasteiger partial charge in [0, 0.05) is 51.0 Å². The third kappa shape index (κ3) is 4.68. The molecule has 2 heterocycles. The minimum absolute atomic E-state index is 0.512. The van der Waals surface area contributed by atoms with Crippen LogP contribution in [0.1, 0.15) is 39.7 Å². The van der Waals surface area contributed by atoms with Crippen LogP contribution in [-0.4, -0.2) is 48.1 Å². The number of hydrogen-bond acceptors (Lipinski definition) is 4. The van der Waals surface area contributed by atoms with Crippen LogP contribution in [0, 0.1) is 0 Å². The first-order valence-corrected chi connectivity index (χ1v) is 8.27. The van der Waals surface area contributed by atoms with Crippen LogP contribution in [0.2, 0.25) is 0 Å². The zero-order chi connectivity index (χ0) is 15.2. The fourth-order valence-corrected chi connectivity index (χ4v) is 2.68. The molecule has 1 aromatic rings. The second kappa shape index (κ2) is 7.76. The van der Waals surface area contributed by atoms with E-state index in [1.54, 1.807) is 0 Å². The van der Waals surface area contributed by atoms with Gasteiger partial charge in [0.2, 0.25) is 0 Å². The quantitative estimate of drug-likeness (QED) is 0.872. The topological polar surface area (TPSA) is 31.4 Å². The first kappa shape index (κ1) is 16.2. The smallest absolute Gasteiger partial charge is 0.128 e. The van der Waals surface area contributed by atoms with Gasteiger partial charge in [-0.2, -0.15) is 0 Å². The van der Waals surface area contributed by atoms with Gasteiger partial charge < -0.3 is 10.2 Å². The Morgan fingerprint density at radius 1 is 1.14 bits per heavy atom. The van der Waals surface area contributed by atoms with Crippen molar-refractivity contribution in [2.24, 2.45) is 0 Å².